The molecule has 1 amide bonds. The first kappa shape index (κ1) is 16.8. The van der Waals surface area contributed by atoms with Crippen LogP contribution >= 0.6 is 0 Å². The Morgan fingerprint density at radius 3 is 2.64 bits per heavy atom. The van der Waals surface area contributed by atoms with E-state index in [2.05, 4.69) is 44.2 Å². The lowest BCUT2D eigenvalue weighted by atomic mass is 10.0. The summed E-state index contributed by atoms with van der Waals surface area (Å²) in [5.74, 6) is 1.96. The average Bonchev–Trinajstić information content (AvgIpc) is 3.26. The molecule has 2 rings (SSSR count). The number of ether oxygens (including phenoxy) is 1. The minimum atomic E-state index is 0.0891. The van der Waals surface area contributed by atoms with Crippen LogP contribution in [0, 0.1) is 11.8 Å². The Hall–Kier alpha value is -1.55. The molecule has 4 heteroatoms. The van der Waals surface area contributed by atoms with Crippen molar-refractivity contribution in [1.29, 1.82) is 0 Å². The summed E-state index contributed by atoms with van der Waals surface area (Å²) in [6, 6.07) is 8.36. The SMILES string of the molecule is COc1ccccc1[C@@H]1C[C@@H]1C(=O)NC[C@@H](C(C)C)N(C)C. The van der Waals surface area contributed by atoms with E-state index in [9.17, 15) is 4.79 Å². The molecule has 1 fully saturated rings. The largest absolute Gasteiger partial charge is 0.496 e. The summed E-state index contributed by atoms with van der Waals surface area (Å²) in [6.45, 7) is 5.08. The highest BCUT2D eigenvalue weighted by molar-refractivity contribution is 5.83. The van der Waals surface area contributed by atoms with Crippen molar-refractivity contribution in [3.05, 3.63) is 29.8 Å². The van der Waals surface area contributed by atoms with Gasteiger partial charge in [-0.1, -0.05) is 32.0 Å². The molecule has 122 valence electrons. The third kappa shape index (κ3) is 3.80. The standard InChI is InChI=1S/C18H28N2O2/c1-12(2)16(20(3)4)11-19-18(21)15-10-14(15)13-8-6-7-9-17(13)22-5/h6-9,12,14-16H,10-11H2,1-5H3,(H,19,21)/t14-,15-,16-/m0/s1. The van der Waals surface area contributed by atoms with Gasteiger partial charge < -0.3 is 15.0 Å². The molecule has 0 saturated heterocycles. The van der Waals surface area contributed by atoms with Crippen LogP contribution in [0.25, 0.3) is 0 Å². The fraction of sp³-hybridized carbons (Fsp3) is 0.611. The molecule has 0 aliphatic heterocycles. The zero-order valence-electron chi connectivity index (χ0n) is 14.3. The van der Waals surface area contributed by atoms with Gasteiger partial charge in [0.05, 0.1) is 7.11 Å². The maximum absolute atomic E-state index is 12.4. The van der Waals surface area contributed by atoms with Gasteiger partial charge in [-0.2, -0.15) is 0 Å². The number of nitrogens with zero attached hydrogens (tertiary/aromatic N) is 1. The molecule has 1 aliphatic carbocycles. The predicted octanol–water partition coefficient (Wildman–Crippen LogP) is 2.50. The van der Waals surface area contributed by atoms with Gasteiger partial charge in [0.1, 0.15) is 5.75 Å². The molecule has 1 aliphatic rings. The van der Waals surface area contributed by atoms with Gasteiger partial charge in [0.25, 0.3) is 0 Å². The second-order valence-corrected chi connectivity index (χ2v) is 6.71. The first-order valence-corrected chi connectivity index (χ1v) is 8.02. The molecule has 1 N–H and O–H groups in total. The van der Waals surface area contributed by atoms with Gasteiger partial charge in [0.2, 0.25) is 5.91 Å². The molecule has 1 aromatic carbocycles. The van der Waals surface area contributed by atoms with E-state index in [4.69, 9.17) is 4.74 Å². The van der Waals surface area contributed by atoms with E-state index >= 15 is 0 Å². The Bertz CT molecular complexity index is 506. The van der Waals surface area contributed by atoms with Gasteiger partial charge in [-0.3, -0.25) is 4.79 Å². The highest BCUT2D eigenvalue weighted by Gasteiger charge is 2.45. The maximum atomic E-state index is 12.4. The van der Waals surface area contributed by atoms with Gasteiger partial charge in [-0.05, 0) is 44.0 Å². The molecule has 3 atom stereocenters. The monoisotopic (exact) mass is 304 g/mol. The lowest BCUT2D eigenvalue weighted by molar-refractivity contribution is -0.122. The minimum absolute atomic E-state index is 0.0891. The minimum Gasteiger partial charge on any atom is -0.496 e. The van der Waals surface area contributed by atoms with E-state index in [0.29, 0.717) is 24.4 Å². The third-order valence-electron chi connectivity index (χ3n) is 4.58. The summed E-state index contributed by atoms with van der Waals surface area (Å²) < 4.78 is 5.40. The summed E-state index contributed by atoms with van der Waals surface area (Å²) in [6.07, 6.45) is 0.917. The number of carbonyl (C=O) groups is 1. The number of hydrogen-bond acceptors (Lipinski definition) is 3. The molecule has 0 heterocycles. The van der Waals surface area contributed by atoms with Crippen LogP contribution < -0.4 is 10.1 Å². The molecule has 0 bridgehead atoms. The van der Waals surface area contributed by atoms with Crippen molar-refractivity contribution < 1.29 is 9.53 Å². The maximum Gasteiger partial charge on any atom is 0.223 e. The van der Waals surface area contributed by atoms with Crippen molar-refractivity contribution in [3.63, 3.8) is 0 Å². The number of methoxy groups -OCH3 is 1. The number of nitrogens with one attached hydrogen (secondary N) is 1. The number of para-hydroxylation sites is 1. The van der Waals surface area contributed by atoms with Crippen molar-refractivity contribution in [1.82, 2.24) is 10.2 Å². The van der Waals surface area contributed by atoms with Crippen molar-refractivity contribution >= 4 is 5.91 Å². The van der Waals surface area contributed by atoms with E-state index in [-0.39, 0.29) is 11.8 Å². The van der Waals surface area contributed by atoms with Crippen molar-refractivity contribution in [3.8, 4) is 5.75 Å². The Labute approximate surface area is 133 Å². The van der Waals surface area contributed by atoms with Crippen LogP contribution in [0.3, 0.4) is 0 Å². The zero-order chi connectivity index (χ0) is 16.3. The number of benzene rings is 1. The molecule has 1 aromatic rings. The Balaban J connectivity index is 1.91. The third-order valence-corrected chi connectivity index (χ3v) is 4.58. The normalized spacial score (nSPS) is 21.8. The second-order valence-electron chi connectivity index (χ2n) is 6.71. The Kier molecular flexibility index (Phi) is 5.46. The summed E-state index contributed by atoms with van der Waals surface area (Å²) in [7, 11) is 5.80. The van der Waals surface area contributed by atoms with Gasteiger partial charge >= 0.3 is 0 Å². The van der Waals surface area contributed by atoms with Crippen LogP contribution in [0.4, 0.5) is 0 Å². The summed E-state index contributed by atoms with van der Waals surface area (Å²) in [5, 5.41) is 3.12. The summed E-state index contributed by atoms with van der Waals surface area (Å²) >= 11 is 0. The Morgan fingerprint density at radius 1 is 1.36 bits per heavy atom. The van der Waals surface area contributed by atoms with Gasteiger partial charge in [0, 0.05) is 18.5 Å². The predicted molar refractivity (Wildman–Crippen MR) is 89.2 cm³/mol. The van der Waals surface area contributed by atoms with Crippen LogP contribution in [0.5, 0.6) is 5.75 Å². The van der Waals surface area contributed by atoms with Crippen LogP contribution in [-0.2, 0) is 4.79 Å². The van der Waals surface area contributed by atoms with Gasteiger partial charge in [-0.25, -0.2) is 0 Å². The van der Waals surface area contributed by atoms with Crippen LogP contribution in [0.1, 0.15) is 31.7 Å². The number of likely N-dealkylation sites (N-methyl/N-ethyl adjacent to an activating group) is 1. The van der Waals surface area contributed by atoms with Crippen molar-refractivity contribution in [2.45, 2.75) is 32.2 Å². The molecule has 4 nitrogen and oxygen atoms in total. The quantitative estimate of drug-likeness (QED) is 0.841. The molecule has 1 saturated carbocycles. The lowest BCUT2D eigenvalue weighted by Gasteiger charge is -2.28. The first-order chi connectivity index (χ1) is 10.5. The van der Waals surface area contributed by atoms with Gasteiger partial charge in [-0.15, -0.1) is 0 Å². The fourth-order valence-corrected chi connectivity index (χ4v) is 3.15. The molecule has 0 unspecified atom stereocenters. The molecular formula is C18H28N2O2. The van der Waals surface area contributed by atoms with Crippen LogP contribution in [-0.4, -0.2) is 44.6 Å². The molecule has 22 heavy (non-hydrogen) atoms. The van der Waals surface area contributed by atoms with Crippen LogP contribution in [0.2, 0.25) is 0 Å². The highest BCUT2D eigenvalue weighted by atomic mass is 16.5. The average molecular weight is 304 g/mol. The van der Waals surface area contributed by atoms with Crippen LogP contribution in [0.15, 0.2) is 24.3 Å². The van der Waals surface area contributed by atoms with E-state index < -0.39 is 0 Å². The number of amides is 1. The smallest absolute Gasteiger partial charge is 0.223 e. The molecule has 0 aromatic heterocycles. The van der Waals surface area contributed by atoms with Crippen molar-refractivity contribution in [2.24, 2.45) is 11.8 Å². The molecular weight excluding hydrogens is 276 g/mol. The fourth-order valence-electron chi connectivity index (χ4n) is 3.15. The summed E-state index contributed by atoms with van der Waals surface area (Å²) in [4.78, 5) is 14.5. The topological polar surface area (TPSA) is 41.6 Å². The Morgan fingerprint density at radius 2 is 2.05 bits per heavy atom. The van der Waals surface area contributed by atoms with Gasteiger partial charge in [0.15, 0.2) is 0 Å². The van der Waals surface area contributed by atoms with E-state index in [1.165, 1.54) is 0 Å². The number of rotatable bonds is 7. The summed E-state index contributed by atoms with van der Waals surface area (Å²) in [5.41, 5.74) is 1.15. The zero-order valence-corrected chi connectivity index (χ0v) is 14.3. The van der Waals surface area contributed by atoms with E-state index in [1.54, 1.807) is 7.11 Å². The van der Waals surface area contributed by atoms with E-state index in [0.717, 1.165) is 17.7 Å². The molecule has 0 radical (unpaired) electrons. The van der Waals surface area contributed by atoms with E-state index in [1.807, 2.05) is 18.2 Å². The van der Waals surface area contributed by atoms with Crippen molar-refractivity contribution in [2.75, 3.05) is 27.7 Å². The number of carbonyl (C=O) groups excluding carboxylic acids is 1. The first-order valence-electron chi connectivity index (χ1n) is 8.02. The highest BCUT2D eigenvalue weighted by Crippen LogP contribution is 2.50. The second kappa shape index (κ2) is 7.14. The molecule has 0 spiro atoms. The lowest BCUT2D eigenvalue weighted by Crippen LogP contribution is -2.43. The number of hydrogen-bond donors (Lipinski definition) is 1.